The van der Waals surface area contributed by atoms with Crippen molar-refractivity contribution in [3.05, 3.63) is 23.8 Å². The summed E-state index contributed by atoms with van der Waals surface area (Å²) in [5, 5.41) is 9.38. The third kappa shape index (κ3) is 1.37. The van der Waals surface area contributed by atoms with Crippen molar-refractivity contribution in [3.63, 3.8) is 0 Å². The van der Waals surface area contributed by atoms with Gasteiger partial charge in [-0.15, -0.1) is 0 Å². The molecule has 0 aliphatic rings. The number of nitrogens with zero attached hydrogens (tertiary/aromatic N) is 2. The van der Waals surface area contributed by atoms with Crippen LogP contribution in [-0.2, 0) is 0 Å². The Morgan fingerprint density at radius 2 is 2.38 bits per heavy atom. The fourth-order valence-corrected chi connectivity index (χ4v) is 1.63. The van der Waals surface area contributed by atoms with Gasteiger partial charge in [0.1, 0.15) is 11.6 Å². The van der Waals surface area contributed by atoms with Gasteiger partial charge in [-0.05, 0) is 22.8 Å². The van der Waals surface area contributed by atoms with Crippen LogP contribution in [0.15, 0.2) is 23.4 Å². The second-order valence-corrected chi connectivity index (χ2v) is 3.44. The molecule has 0 spiro atoms. The van der Waals surface area contributed by atoms with Gasteiger partial charge in [0.2, 0.25) is 0 Å². The average molecular weight is 210 g/mol. The summed E-state index contributed by atoms with van der Waals surface area (Å²) in [6.45, 7) is 0. The molecular formula is C8H4ClN3S. The second-order valence-electron chi connectivity index (χ2n) is 2.43. The Hall–Kier alpha value is -1.18. The zero-order valence-electron chi connectivity index (χ0n) is 6.41. The van der Waals surface area contributed by atoms with Crippen LogP contribution in [0.5, 0.6) is 0 Å². The average Bonchev–Trinajstić information content (AvgIpc) is 2.59. The molecule has 2 rings (SSSR count). The number of nitrogens with one attached hydrogen (secondary N) is 1. The first-order chi connectivity index (χ1) is 6.35. The third-order valence-electron chi connectivity index (χ3n) is 1.68. The Bertz CT molecular complexity index is 486. The molecular weight excluding hydrogens is 206 g/mol. The first kappa shape index (κ1) is 8.42. The molecule has 0 saturated heterocycles. The maximum atomic E-state index is 8.77. The summed E-state index contributed by atoms with van der Waals surface area (Å²) in [4.78, 5) is 7.14. The number of imidazole rings is 1. The molecule has 1 N–H and O–H groups in total. The lowest BCUT2D eigenvalue weighted by Crippen LogP contribution is -1.76. The van der Waals surface area contributed by atoms with E-state index in [4.69, 9.17) is 15.9 Å². The number of hydrogen-bond acceptors (Lipinski definition) is 3. The van der Waals surface area contributed by atoms with Crippen molar-refractivity contribution in [2.45, 2.75) is 5.16 Å². The Morgan fingerprint density at radius 1 is 1.54 bits per heavy atom. The number of halogens is 1. The maximum absolute atomic E-state index is 8.77. The van der Waals surface area contributed by atoms with Crippen LogP contribution in [0.3, 0.4) is 0 Å². The van der Waals surface area contributed by atoms with E-state index in [1.54, 1.807) is 6.07 Å². The van der Waals surface area contributed by atoms with Gasteiger partial charge in [-0.2, -0.15) is 5.26 Å². The molecule has 0 fully saturated rings. The van der Waals surface area contributed by atoms with Gasteiger partial charge in [-0.1, -0.05) is 6.07 Å². The first-order valence-electron chi connectivity index (χ1n) is 3.52. The van der Waals surface area contributed by atoms with E-state index in [0.29, 0.717) is 16.2 Å². The van der Waals surface area contributed by atoms with E-state index in [9.17, 15) is 0 Å². The fraction of sp³-hybridized carbons (Fsp3) is 0. The Kier molecular flexibility index (Phi) is 2.13. The zero-order chi connectivity index (χ0) is 9.26. The van der Waals surface area contributed by atoms with Gasteiger partial charge in [0, 0.05) is 11.0 Å². The SMILES string of the molecule is N#Cc1cccc2[nH]c(SCl)nc12. The van der Waals surface area contributed by atoms with Crippen LogP contribution in [0.25, 0.3) is 11.0 Å². The topological polar surface area (TPSA) is 52.5 Å². The largest absolute Gasteiger partial charge is 0.332 e. The van der Waals surface area contributed by atoms with Crippen molar-refractivity contribution in [1.82, 2.24) is 9.97 Å². The molecule has 3 nitrogen and oxygen atoms in total. The molecule has 0 saturated carbocycles. The molecule has 13 heavy (non-hydrogen) atoms. The minimum atomic E-state index is 0.561. The molecule has 0 atom stereocenters. The van der Waals surface area contributed by atoms with Crippen LogP contribution >= 0.6 is 21.7 Å². The van der Waals surface area contributed by atoms with Gasteiger partial charge in [0.05, 0.1) is 11.1 Å². The summed E-state index contributed by atoms with van der Waals surface area (Å²) in [5.74, 6) is 0. The minimum Gasteiger partial charge on any atom is -0.332 e. The standard InChI is InChI=1S/C8H4ClN3S/c9-13-8-11-6-3-1-2-5(4-10)7(6)12-8/h1-3H,(H,11,12). The number of fused-ring (bicyclic) bond motifs is 1. The molecule has 1 aromatic carbocycles. The van der Waals surface area contributed by atoms with Crippen molar-refractivity contribution in [2.24, 2.45) is 0 Å². The van der Waals surface area contributed by atoms with E-state index in [1.807, 2.05) is 12.1 Å². The Labute approximate surface area is 83.2 Å². The molecule has 0 bridgehead atoms. The summed E-state index contributed by atoms with van der Waals surface area (Å²) in [6, 6.07) is 7.47. The van der Waals surface area contributed by atoms with Crippen LogP contribution in [0, 0.1) is 11.3 Å². The lowest BCUT2D eigenvalue weighted by Gasteiger charge is -1.87. The van der Waals surface area contributed by atoms with Gasteiger partial charge in [-0.3, -0.25) is 0 Å². The number of H-pyrrole nitrogens is 1. The number of aromatic amines is 1. The molecule has 1 heterocycles. The van der Waals surface area contributed by atoms with E-state index in [1.165, 1.54) is 0 Å². The number of aromatic nitrogens is 2. The third-order valence-corrected chi connectivity index (χ3v) is 2.46. The van der Waals surface area contributed by atoms with Gasteiger partial charge in [-0.25, -0.2) is 4.98 Å². The summed E-state index contributed by atoms with van der Waals surface area (Å²) in [5.41, 5.74) is 2.07. The second kappa shape index (κ2) is 3.29. The highest BCUT2D eigenvalue weighted by Gasteiger charge is 2.05. The Balaban J connectivity index is 2.76. The molecule has 1 aromatic heterocycles. The number of nitriles is 1. The van der Waals surface area contributed by atoms with Crippen LogP contribution in [0.4, 0.5) is 0 Å². The van der Waals surface area contributed by atoms with E-state index in [2.05, 4.69) is 16.0 Å². The smallest absolute Gasteiger partial charge is 0.182 e. The molecule has 5 heteroatoms. The molecule has 64 valence electrons. The molecule has 0 aliphatic heterocycles. The highest BCUT2D eigenvalue weighted by molar-refractivity contribution is 8.21. The number of hydrogen-bond donors (Lipinski definition) is 1. The van der Waals surface area contributed by atoms with Gasteiger partial charge in [0.25, 0.3) is 0 Å². The van der Waals surface area contributed by atoms with Crippen molar-refractivity contribution in [3.8, 4) is 6.07 Å². The summed E-state index contributed by atoms with van der Waals surface area (Å²) < 4.78 is 0. The molecule has 0 radical (unpaired) electrons. The van der Waals surface area contributed by atoms with Crippen molar-refractivity contribution in [2.75, 3.05) is 0 Å². The van der Waals surface area contributed by atoms with E-state index >= 15 is 0 Å². The summed E-state index contributed by atoms with van der Waals surface area (Å²) >= 11 is 0. The number of benzene rings is 1. The van der Waals surface area contributed by atoms with Crippen LogP contribution < -0.4 is 0 Å². The zero-order valence-corrected chi connectivity index (χ0v) is 7.99. The molecule has 0 amide bonds. The first-order valence-corrected chi connectivity index (χ1v) is 5.17. The lowest BCUT2D eigenvalue weighted by atomic mass is 10.2. The maximum Gasteiger partial charge on any atom is 0.182 e. The predicted molar refractivity (Wildman–Crippen MR) is 52.5 cm³/mol. The highest BCUT2D eigenvalue weighted by atomic mass is 35.7. The van der Waals surface area contributed by atoms with Crippen molar-refractivity contribution in [1.29, 1.82) is 5.26 Å². The number of para-hydroxylation sites is 1. The van der Waals surface area contributed by atoms with Gasteiger partial charge < -0.3 is 4.98 Å². The molecule has 2 aromatic rings. The molecule has 0 aliphatic carbocycles. The van der Waals surface area contributed by atoms with Gasteiger partial charge in [0.15, 0.2) is 5.16 Å². The van der Waals surface area contributed by atoms with E-state index in [-0.39, 0.29) is 0 Å². The van der Waals surface area contributed by atoms with E-state index in [0.717, 1.165) is 16.5 Å². The lowest BCUT2D eigenvalue weighted by molar-refractivity contribution is 1.09. The van der Waals surface area contributed by atoms with E-state index < -0.39 is 0 Å². The van der Waals surface area contributed by atoms with Crippen LogP contribution in [0.2, 0.25) is 0 Å². The summed E-state index contributed by atoms with van der Waals surface area (Å²) in [7, 11) is 6.54. The highest BCUT2D eigenvalue weighted by Crippen LogP contribution is 2.23. The monoisotopic (exact) mass is 209 g/mol. The van der Waals surface area contributed by atoms with Crippen molar-refractivity contribution >= 4 is 32.7 Å². The van der Waals surface area contributed by atoms with Crippen molar-refractivity contribution < 1.29 is 0 Å². The fourth-order valence-electron chi connectivity index (χ4n) is 1.14. The minimum absolute atomic E-state index is 0.561. The van der Waals surface area contributed by atoms with Crippen LogP contribution in [-0.4, -0.2) is 9.97 Å². The number of rotatable bonds is 1. The molecule has 0 unspecified atom stereocenters. The summed E-state index contributed by atoms with van der Waals surface area (Å²) in [6.07, 6.45) is 0. The predicted octanol–water partition coefficient (Wildman–Crippen LogP) is 2.68. The normalized spacial score (nSPS) is 10.2. The van der Waals surface area contributed by atoms with Crippen LogP contribution in [0.1, 0.15) is 5.56 Å². The quantitative estimate of drug-likeness (QED) is 0.786. The van der Waals surface area contributed by atoms with Gasteiger partial charge >= 0.3 is 0 Å². The Morgan fingerprint density at radius 3 is 3.08 bits per heavy atom.